The summed E-state index contributed by atoms with van der Waals surface area (Å²) < 4.78 is 39.4. The summed E-state index contributed by atoms with van der Waals surface area (Å²) in [6, 6.07) is 7.01. The van der Waals surface area contributed by atoms with E-state index in [1.54, 1.807) is 6.07 Å². The van der Waals surface area contributed by atoms with Crippen LogP contribution in [0.5, 0.6) is 11.5 Å². The molecule has 0 saturated carbocycles. The normalized spacial score (nSPS) is 14.7. The summed E-state index contributed by atoms with van der Waals surface area (Å²) in [4.78, 5) is 4.48. The van der Waals surface area contributed by atoms with Crippen molar-refractivity contribution in [2.45, 2.75) is 19.6 Å². The number of aliphatic hydroxyl groups is 1. The lowest BCUT2D eigenvalue weighted by atomic mass is 10.1. The SMILES string of the molecule is Cc1nc2cc3c(cc2n1CC(O)c1ccc(F)c(F)c1)OCCO3. The molecule has 0 bridgehead atoms. The Morgan fingerprint density at radius 3 is 2.56 bits per heavy atom. The van der Waals surface area contributed by atoms with Crippen molar-refractivity contribution in [3.05, 3.63) is 53.4 Å². The first kappa shape index (κ1) is 15.8. The van der Waals surface area contributed by atoms with Gasteiger partial charge in [0.15, 0.2) is 23.1 Å². The highest BCUT2D eigenvalue weighted by Gasteiger charge is 2.19. The van der Waals surface area contributed by atoms with Crippen molar-refractivity contribution in [1.29, 1.82) is 0 Å². The molecule has 0 amide bonds. The van der Waals surface area contributed by atoms with Crippen molar-refractivity contribution >= 4 is 11.0 Å². The van der Waals surface area contributed by atoms with E-state index in [1.165, 1.54) is 6.07 Å². The van der Waals surface area contributed by atoms with Gasteiger partial charge in [0.05, 0.1) is 23.7 Å². The summed E-state index contributed by atoms with van der Waals surface area (Å²) in [6.07, 6.45) is -1.00. The van der Waals surface area contributed by atoms with E-state index in [9.17, 15) is 13.9 Å². The van der Waals surface area contributed by atoms with Gasteiger partial charge in [0.1, 0.15) is 19.0 Å². The predicted octanol–water partition coefficient (Wildman–Crippen LogP) is 3.13. The molecule has 1 atom stereocenters. The third-order valence-electron chi connectivity index (χ3n) is 4.29. The molecule has 0 saturated heterocycles. The van der Waals surface area contributed by atoms with Gasteiger partial charge >= 0.3 is 0 Å². The minimum absolute atomic E-state index is 0.160. The van der Waals surface area contributed by atoms with Gasteiger partial charge in [0, 0.05) is 12.1 Å². The minimum atomic E-state index is -1.00. The third-order valence-corrected chi connectivity index (χ3v) is 4.29. The van der Waals surface area contributed by atoms with Gasteiger partial charge in [-0.25, -0.2) is 13.8 Å². The molecule has 1 aliphatic heterocycles. The zero-order valence-electron chi connectivity index (χ0n) is 13.5. The van der Waals surface area contributed by atoms with E-state index in [0.29, 0.717) is 36.1 Å². The molecule has 25 heavy (non-hydrogen) atoms. The van der Waals surface area contributed by atoms with Gasteiger partial charge < -0.3 is 19.1 Å². The first-order valence-electron chi connectivity index (χ1n) is 7.92. The van der Waals surface area contributed by atoms with E-state index in [2.05, 4.69) is 4.98 Å². The van der Waals surface area contributed by atoms with Crippen LogP contribution in [0.25, 0.3) is 11.0 Å². The Bertz CT molecular complexity index is 955. The zero-order valence-corrected chi connectivity index (χ0v) is 13.5. The molecule has 4 rings (SSSR count). The van der Waals surface area contributed by atoms with Crippen molar-refractivity contribution in [3.63, 3.8) is 0 Å². The van der Waals surface area contributed by atoms with E-state index in [0.717, 1.165) is 23.2 Å². The number of aryl methyl sites for hydroxylation is 1. The van der Waals surface area contributed by atoms with Crippen LogP contribution in [0.1, 0.15) is 17.5 Å². The molecule has 0 radical (unpaired) electrons. The van der Waals surface area contributed by atoms with Gasteiger partial charge in [0.25, 0.3) is 0 Å². The summed E-state index contributed by atoms with van der Waals surface area (Å²) in [7, 11) is 0. The first-order valence-corrected chi connectivity index (χ1v) is 7.92. The molecule has 3 aromatic rings. The Balaban J connectivity index is 1.70. The summed E-state index contributed by atoms with van der Waals surface area (Å²) in [5, 5.41) is 10.4. The third kappa shape index (κ3) is 2.80. The van der Waals surface area contributed by atoms with Gasteiger partial charge in [-0.1, -0.05) is 6.07 Å². The van der Waals surface area contributed by atoms with Crippen LogP contribution in [-0.2, 0) is 6.54 Å². The molecule has 1 aromatic heterocycles. The smallest absolute Gasteiger partial charge is 0.163 e. The fourth-order valence-corrected chi connectivity index (χ4v) is 3.01. The van der Waals surface area contributed by atoms with Crippen LogP contribution in [0.4, 0.5) is 8.78 Å². The average Bonchev–Trinajstić information content (AvgIpc) is 2.90. The van der Waals surface area contributed by atoms with Gasteiger partial charge in [-0.2, -0.15) is 0 Å². The number of rotatable bonds is 3. The van der Waals surface area contributed by atoms with Crippen molar-refractivity contribution in [3.8, 4) is 11.5 Å². The number of fused-ring (bicyclic) bond motifs is 2. The lowest BCUT2D eigenvalue weighted by Gasteiger charge is -2.19. The highest BCUT2D eigenvalue weighted by atomic mass is 19.2. The summed E-state index contributed by atoms with van der Waals surface area (Å²) in [6.45, 7) is 2.95. The Labute approximate surface area is 142 Å². The van der Waals surface area contributed by atoms with Gasteiger partial charge in [-0.15, -0.1) is 0 Å². The lowest BCUT2D eigenvalue weighted by molar-refractivity contribution is 0.156. The molecule has 0 spiro atoms. The second-order valence-corrected chi connectivity index (χ2v) is 5.94. The summed E-state index contributed by atoms with van der Waals surface area (Å²) >= 11 is 0. The van der Waals surface area contributed by atoms with Crippen LogP contribution < -0.4 is 9.47 Å². The van der Waals surface area contributed by atoms with Crippen LogP contribution in [0.15, 0.2) is 30.3 Å². The number of hydrogen-bond acceptors (Lipinski definition) is 4. The van der Waals surface area contributed by atoms with E-state index in [-0.39, 0.29) is 6.54 Å². The van der Waals surface area contributed by atoms with Crippen LogP contribution in [0.2, 0.25) is 0 Å². The van der Waals surface area contributed by atoms with Crippen LogP contribution >= 0.6 is 0 Å². The van der Waals surface area contributed by atoms with Gasteiger partial charge in [-0.3, -0.25) is 0 Å². The highest BCUT2D eigenvalue weighted by Crippen LogP contribution is 2.35. The number of hydrogen-bond donors (Lipinski definition) is 1. The molecule has 1 unspecified atom stereocenters. The van der Waals surface area contributed by atoms with Gasteiger partial charge in [0.2, 0.25) is 0 Å². The summed E-state index contributed by atoms with van der Waals surface area (Å²) in [5.74, 6) is 0.0399. The zero-order chi connectivity index (χ0) is 17.6. The largest absolute Gasteiger partial charge is 0.486 e. The van der Waals surface area contributed by atoms with Crippen LogP contribution in [0.3, 0.4) is 0 Å². The number of aromatic nitrogens is 2. The molecule has 7 heteroatoms. The van der Waals surface area contributed by atoms with E-state index >= 15 is 0 Å². The molecular formula is C18H16F2N2O3. The number of aliphatic hydroxyl groups excluding tert-OH is 1. The van der Waals surface area contributed by atoms with E-state index in [1.807, 2.05) is 17.6 Å². The topological polar surface area (TPSA) is 56.5 Å². The lowest BCUT2D eigenvalue weighted by Crippen LogP contribution is -2.15. The molecule has 1 N–H and O–H groups in total. The number of halogens is 2. The van der Waals surface area contributed by atoms with Crippen LogP contribution in [0, 0.1) is 18.6 Å². The Hall–Kier alpha value is -2.67. The standard InChI is InChI=1S/C18H16F2N2O3/c1-10-21-14-7-17-18(25-5-4-24-17)8-15(14)22(10)9-16(23)11-2-3-12(19)13(20)6-11/h2-3,6-8,16,23H,4-5,9H2,1H3. The Morgan fingerprint density at radius 2 is 1.84 bits per heavy atom. The predicted molar refractivity (Wildman–Crippen MR) is 86.8 cm³/mol. The van der Waals surface area contributed by atoms with Crippen LogP contribution in [-0.4, -0.2) is 27.9 Å². The van der Waals surface area contributed by atoms with Crippen molar-refractivity contribution in [1.82, 2.24) is 9.55 Å². The molecule has 130 valence electrons. The molecule has 0 aliphatic carbocycles. The maximum absolute atomic E-state index is 13.4. The maximum atomic E-state index is 13.4. The first-order chi connectivity index (χ1) is 12.0. The van der Waals surface area contributed by atoms with Crippen molar-refractivity contribution < 1.29 is 23.4 Å². The maximum Gasteiger partial charge on any atom is 0.163 e. The second-order valence-electron chi connectivity index (χ2n) is 5.94. The van der Waals surface area contributed by atoms with Crippen molar-refractivity contribution in [2.75, 3.05) is 13.2 Å². The second kappa shape index (κ2) is 6.00. The highest BCUT2D eigenvalue weighted by molar-refractivity contribution is 5.80. The Morgan fingerprint density at radius 1 is 1.12 bits per heavy atom. The molecule has 2 heterocycles. The fourth-order valence-electron chi connectivity index (χ4n) is 3.01. The van der Waals surface area contributed by atoms with Gasteiger partial charge in [-0.05, 0) is 24.6 Å². The quantitative estimate of drug-likeness (QED) is 0.792. The fraction of sp³-hybridized carbons (Fsp3) is 0.278. The molecule has 0 fully saturated rings. The Kier molecular flexibility index (Phi) is 3.80. The number of ether oxygens (including phenoxy) is 2. The average molecular weight is 346 g/mol. The molecule has 5 nitrogen and oxygen atoms in total. The van der Waals surface area contributed by atoms with E-state index < -0.39 is 17.7 Å². The molecule has 2 aromatic carbocycles. The van der Waals surface area contributed by atoms with E-state index in [4.69, 9.17) is 9.47 Å². The van der Waals surface area contributed by atoms with Crippen molar-refractivity contribution in [2.24, 2.45) is 0 Å². The number of nitrogens with zero attached hydrogens (tertiary/aromatic N) is 2. The number of imidazole rings is 1. The summed E-state index contributed by atoms with van der Waals surface area (Å²) in [5.41, 5.74) is 1.81. The monoisotopic (exact) mass is 346 g/mol. The molecular weight excluding hydrogens is 330 g/mol. The molecule has 1 aliphatic rings. The minimum Gasteiger partial charge on any atom is -0.486 e. The number of benzene rings is 2.